The van der Waals surface area contributed by atoms with Crippen molar-refractivity contribution in [2.45, 2.75) is 40.2 Å². The molecule has 19 heavy (non-hydrogen) atoms. The van der Waals surface area contributed by atoms with Gasteiger partial charge >= 0.3 is 0 Å². The molecule has 0 fully saturated rings. The highest BCUT2D eigenvalue weighted by molar-refractivity contribution is 5.80. The standard InChI is InChI=1S/C16H25N2O/c1-12-8-13(2)15(14(3)9-12)18-7-6-17(11-18)10-16(4,5)19/h8-9,11,19H,6-7,10H2,1-5H3/q+1. The van der Waals surface area contributed by atoms with Crippen LogP contribution in [0.4, 0.5) is 5.69 Å². The number of β-amino-alcohol motifs (C(OH)–C–C–N with tert-alkyl or cyclic N) is 1. The summed E-state index contributed by atoms with van der Waals surface area (Å²) < 4.78 is 2.19. The summed E-state index contributed by atoms with van der Waals surface area (Å²) in [6, 6.07) is 4.46. The van der Waals surface area contributed by atoms with E-state index in [2.05, 4.69) is 48.7 Å². The summed E-state index contributed by atoms with van der Waals surface area (Å²) >= 11 is 0. The molecule has 104 valence electrons. The second-order valence-corrected chi connectivity index (χ2v) is 6.34. The van der Waals surface area contributed by atoms with Crippen LogP contribution in [0.2, 0.25) is 0 Å². The maximum absolute atomic E-state index is 9.90. The smallest absolute Gasteiger partial charge is 0.239 e. The Morgan fingerprint density at radius 1 is 1.21 bits per heavy atom. The summed E-state index contributed by atoms with van der Waals surface area (Å²) in [4.78, 5) is 2.30. The van der Waals surface area contributed by atoms with Crippen molar-refractivity contribution in [1.29, 1.82) is 0 Å². The fourth-order valence-corrected chi connectivity index (χ4v) is 2.96. The molecule has 0 atom stereocenters. The number of nitrogens with zero attached hydrogens (tertiary/aromatic N) is 2. The molecule has 1 aliphatic rings. The molecule has 0 unspecified atom stereocenters. The highest BCUT2D eigenvalue weighted by Gasteiger charge is 2.27. The number of rotatable bonds is 3. The van der Waals surface area contributed by atoms with Crippen molar-refractivity contribution in [3.8, 4) is 0 Å². The Hall–Kier alpha value is -1.35. The number of hydrogen-bond acceptors (Lipinski definition) is 2. The largest absolute Gasteiger partial charge is 0.386 e. The number of hydrogen-bond donors (Lipinski definition) is 1. The topological polar surface area (TPSA) is 26.5 Å². The van der Waals surface area contributed by atoms with Gasteiger partial charge in [-0.1, -0.05) is 17.7 Å². The van der Waals surface area contributed by atoms with Gasteiger partial charge in [0.05, 0.1) is 5.60 Å². The third-order valence-corrected chi connectivity index (χ3v) is 3.44. The number of aryl methyl sites for hydroxylation is 3. The van der Waals surface area contributed by atoms with Gasteiger partial charge in [0.1, 0.15) is 25.3 Å². The van der Waals surface area contributed by atoms with E-state index in [4.69, 9.17) is 0 Å². The summed E-state index contributed by atoms with van der Waals surface area (Å²) in [7, 11) is 0. The maximum Gasteiger partial charge on any atom is 0.239 e. The summed E-state index contributed by atoms with van der Waals surface area (Å²) in [5.41, 5.74) is 4.61. The second kappa shape index (κ2) is 4.97. The molecule has 0 aliphatic carbocycles. The van der Waals surface area contributed by atoms with Gasteiger partial charge in [-0.2, -0.15) is 0 Å². The molecule has 0 aromatic heterocycles. The summed E-state index contributed by atoms with van der Waals surface area (Å²) in [6.07, 6.45) is 2.14. The van der Waals surface area contributed by atoms with Crippen molar-refractivity contribution in [1.82, 2.24) is 0 Å². The average molecular weight is 261 g/mol. The molecule has 1 aromatic rings. The Bertz CT molecular complexity index is 489. The fraction of sp³-hybridized carbons (Fsp3) is 0.562. The van der Waals surface area contributed by atoms with Gasteiger partial charge in [-0.15, -0.1) is 0 Å². The van der Waals surface area contributed by atoms with Gasteiger partial charge < -0.3 is 5.11 Å². The second-order valence-electron chi connectivity index (χ2n) is 6.34. The highest BCUT2D eigenvalue weighted by Crippen LogP contribution is 2.26. The lowest BCUT2D eigenvalue weighted by molar-refractivity contribution is -0.530. The number of aliphatic hydroxyl groups is 1. The van der Waals surface area contributed by atoms with Crippen LogP contribution in [0.1, 0.15) is 30.5 Å². The SMILES string of the molecule is Cc1cc(C)c(N2C=[N+](CC(C)(C)O)CC2)c(C)c1. The molecular formula is C16H25N2O+. The van der Waals surface area contributed by atoms with E-state index in [0.29, 0.717) is 6.54 Å². The molecule has 3 heteroatoms. The summed E-state index contributed by atoms with van der Waals surface area (Å²) in [6.45, 7) is 12.8. The van der Waals surface area contributed by atoms with Crippen LogP contribution in [0, 0.1) is 20.8 Å². The van der Waals surface area contributed by atoms with E-state index in [1.807, 2.05) is 13.8 Å². The van der Waals surface area contributed by atoms with Crippen LogP contribution in [0.3, 0.4) is 0 Å². The van der Waals surface area contributed by atoms with E-state index < -0.39 is 5.60 Å². The van der Waals surface area contributed by atoms with Crippen molar-refractivity contribution in [2.24, 2.45) is 0 Å². The molecule has 0 spiro atoms. The Morgan fingerprint density at radius 2 is 1.79 bits per heavy atom. The molecule has 0 bridgehead atoms. The highest BCUT2D eigenvalue weighted by atomic mass is 16.3. The van der Waals surface area contributed by atoms with Gasteiger partial charge in [0, 0.05) is 0 Å². The van der Waals surface area contributed by atoms with Crippen molar-refractivity contribution < 1.29 is 9.68 Å². The Morgan fingerprint density at radius 3 is 2.32 bits per heavy atom. The molecule has 1 heterocycles. The molecule has 0 amide bonds. The van der Waals surface area contributed by atoms with Crippen LogP contribution < -0.4 is 4.90 Å². The minimum atomic E-state index is -0.649. The van der Waals surface area contributed by atoms with Crippen LogP contribution >= 0.6 is 0 Å². The molecular weight excluding hydrogens is 236 g/mol. The van der Waals surface area contributed by atoms with E-state index in [-0.39, 0.29) is 0 Å². The average Bonchev–Trinajstić information content (AvgIpc) is 2.61. The van der Waals surface area contributed by atoms with Gasteiger partial charge in [0.2, 0.25) is 6.34 Å². The quantitative estimate of drug-likeness (QED) is 0.845. The molecule has 1 aliphatic heterocycles. The van der Waals surface area contributed by atoms with Crippen LogP contribution in [0.5, 0.6) is 0 Å². The van der Waals surface area contributed by atoms with Crippen molar-refractivity contribution >= 4 is 12.0 Å². The Balaban J connectivity index is 2.26. The van der Waals surface area contributed by atoms with Crippen LogP contribution in [0.15, 0.2) is 12.1 Å². The molecule has 0 saturated heterocycles. The zero-order chi connectivity index (χ0) is 14.2. The molecule has 3 nitrogen and oxygen atoms in total. The van der Waals surface area contributed by atoms with E-state index in [1.165, 1.54) is 22.4 Å². The summed E-state index contributed by atoms with van der Waals surface area (Å²) in [5.74, 6) is 0. The zero-order valence-electron chi connectivity index (χ0n) is 12.7. The summed E-state index contributed by atoms with van der Waals surface area (Å²) in [5, 5.41) is 9.90. The predicted octanol–water partition coefficient (Wildman–Crippen LogP) is 2.24. The van der Waals surface area contributed by atoms with E-state index in [9.17, 15) is 5.11 Å². The lowest BCUT2D eigenvalue weighted by Crippen LogP contribution is -2.32. The van der Waals surface area contributed by atoms with Gasteiger partial charge in [-0.3, -0.25) is 4.58 Å². The molecule has 0 radical (unpaired) electrons. The molecule has 2 rings (SSSR count). The minimum absolute atomic E-state index is 0.649. The van der Waals surface area contributed by atoms with Crippen molar-refractivity contribution in [2.75, 3.05) is 24.5 Å². The number of benzene rings is 1. The maximum atomic E-state index is 9.90. The van der Waals surface area contributed by atoms with Gasteiger partial charge in [0.15, 0.2) is 0 Å². The van der Waals surface area contributed by atoms with E-state index >= 15 is 0 Å². The first-order valence-electron chi connectivity index (χ1n) is 6.92. The molecule has 1 N–H and O–H groups in total. The third-order valence-electron chi connectivity index (χ3n) is 3.44. The minimum Gasteiger partial charge on any atom is -0.386 e. The van der Waals surface area contributed by atoms with E-state index in [0.717, 1.165) is 13.1 Å². The van der Waals surface area contributed by atoms with Gasteiger partial charge in [-0.25, -0.2) is 4.90 Å². The van der Waals surface area contributed by atoms with Crippen LogP contribution in [-0.2, 0) is 0 Å². The van der Waals surface area contributed by atoms with Crippen LogP contribution in [0.25, 0.3) is 0 Å². The first kappa shape index (κ1) is 14.1. The Labute approximate surface area is 116 Å². The molecule has 1 aromatic carbocycles. The van der Waals surface area contributed by atoms with Crippen molar-refractivity contribution in [3.05, 3.63) is 28.8 Å². The number of anilines is 1. The van der Waals surface area contributed by atoms with E-state index in [1.54, 1.807) is 0 Å². The third kappa shape index (κ3) is 3.35. The zero-order valence-corrected chi connectivity index (χ0v) is 12.7. The van der Waals surface area contributed by atoms with Gasteiger partial charge in [-0.05, 0) is 45.7 Å². The molecule has 0 saturated carbocycles. The predicted molar refractivity (Wildman–Crippen MR) is 80.4 cm³/mol. The van der Waals surface area contributed by atoms with Crippen LogP contribution in [-0.4, -0.2) is 41.3 Å². The Kier molecular flexibility index (Phi) is 3.68. The normalized spacial score (nSPS) is 15.9. The fourth-order valence-electron chi connectivity index (χ4n) is 2.96. The first-order valence-corrected chi connectivity index (χ1v) is 6.92. The van der Waals surface area contributed by atoms with Gasteiger partial charge in [0.25, 0.3) is 0 Å². The van der Waals surface area contributed by atoms with Crippen molar-refractivity contribution in [3.63, 3.8) is 0 Å². The first-order chi connectivity index (χ1) is 8.76. The lowest BCUT2D eigenvalue weighted by Gasteiger charge is -2.15. The lowest BCUT2D eigenvalue weighted by atomic mass is 10.0. The monoisotopic (exact) mass is 261 g/mol.